The second-order valence-corrected chi connectivity index (χ2v) is 3.30. The fourth-order valence-corrected chi connectivity index (χ4v) is 1.27. The van der Waals surface area contributed by atoms with Crippen molar-refractivity contribution < 1.29 is 4.52 Å². The van der Waals surface area contributed by atoms with Crippen LogP contribution in [0.1, 0.15) is 31.0 Å². The van der Waals surface area contributed by atoms with Crippen molar-refractivity contribution in [2.45, 2.75) is 25.8 Å². The van der Waals surface area contributed by atoms with Gasteiger partial charge in [-0.05, 0) is 24.8 Å². The monoisotopic (exact) mass is 215 g/mol. The topological polar surface area (TPSA) is 64.9 Å². The maximum Gasteiger partial charge on any atom is 0.250 e. The van der Waals surface area contributed by atoms with Crippen molar-refractivity contribution in [2.75, 3.05) is 0 Å². The number of nitrogens with zero attached hydrogens (tertiary/aromatic N) is 2. The molecule has 0 radical (unpaired) electrons. The molecule has 0 aromatic carbocycles. The van der Waals surface area contributed by atoms with E-state index in [1.54, 1.807) is 0 Å². The third-order valence-electron chi connectivity index (χ3n) is 2.33. The van der Waals surface area contributed by atoms with Crippen LogP contribution in [0.3, 0.4) is 0 Å². The van der Waals surface area contributed by atoms with Gasteiger partial charge in [0.1, 0.15) is 0 Å². The highest BCUT2D eigenvalue weighted by Crippen LogP contribution is 2.27. The second kappa shape index (κ2) is 5.12. The van der Waals surface area contributed by atoms with Crippen molar-refractivity contribution in [3.8, 4) is 0 Å². The van der Waals surface area contributed by atoms with Crippen LogP contribution in [0.25, 0.3) is 6.08 Å². The highest BCUT2D eigenvalue weighted by Gasteiger charge is 2.13. The minimum Gasteiger partial charge on any atom is -0.335 e. The lowest BCUT2D eigenvalue weighted by atomic mass is 9.85. The number of halogens is 1. The number of hydrogen-bond acceptors (Lipinski definition) is 4. The van der Waals surface area contributed by atoms with Crippen molar-refractivity contribution in [3.05, 3.63) is 17.8 Å². The van der Waals surface area contributed by atoms with Crippen molar-refractivity contribution >= 4 is 18.5 Å². The molecule has 1 aliphatic carbocycles. The van der Waals surface area contributed by atoms with Crippen LogP contribution in [0.4, 0.5) is 0 Å². The van der Waals surface area contributed by atoms with Gasteiger partial charge in [-0.1, -0.05) is 17.7 Å². The van der Waals surface area contributed by atoms with Gasteiger partial charge in [0.05, 0.1) is 6.54 Å². The summed E-state index contributed by atoms with van der Waals surface area (Å²) in [4.78, 5) is 4.07. The molecule has 0 atom stereocenters. The average molecular weight is 216 g/mol. The van der Waals surface area contributed by atoms with E-state index in [-0.39, 0.29) is 12.4 Å². The van der Waals surface area contributed by atoms with E-state index in [0.717, 1.165) is 0 Å². The van der Waals surface area contributed by atoms with E-state index in [1.165, 1.54) is 19.3 Å². The van der Waals surface area contributed by atoms with Gasteiger partial charge >= 0.3 is 0 Å². The van der Waals surface area contributed by atoms with Gasteiger partial charge < -0.3 is 10.3 Å². The van der Waals surface area contributed by atoms with Gasteiger partial charge in [0, 0.05) is 0 Å². The normalized spacial score (nSPS) is 16.6. The molecule has 0 bridgehead atoms. The van der Waals surface area contributed by atoms with Crippen LogP contribution in [-0.4, -0.2) is 10.1 Å². The number of aromatic nitrogens is 2. The predicted octanol–water partition coefficient (Wildman–Crippen LogP) is 1.76. The Balaban J connectivity index is 0.000000980. The summed E-state index contributed by atoms with van der Waals surface area (Å²) in [5, 5.41) is 3.69. The molecule has 1 saturated carbocycles. The Kier molecular flexibility index (Phi) is 4.10. The molecular weight excluding hydrogens is 202 g/mol. The van der Waals surface area contributed by atoms with Gasteiger partial charge in [0.2, 0.25) is 5.89 Å². The molecule has 78 valence electrons. The highest BCUT2D eigenvalue weighted by atomic mass is 35.5. The Labute approximate surface area is 89.0 Å². The van der Waals surface area contributed by atoms with Gasteiger partial charge in [0.15, 0.2) is 5.82 Å². The van der Waals surface area contributed by atoms with E-state index >= 15 is 0 Å². The Morgan fingerprint density at radius 1 is 1.50 bits per heavy atom. The van der Waals surface area contributed by atoms with Crippen LogP contribution in [-0.2, 0) is 6.54 Å². The van der Waals surface area contributed by atoms with Crippen LogP contribution < -0.4 is 5.73 Å². The van der Waals surface area contributed by atoms with E-state index in [9.17, 15) is 0 Å². The summed E-state index contributed by atoms with van der Waals surface area (Å²) in [6, 6.07) is 0. The molecule has 1 aliphatic rings. The maximum absolute atomic E-state index is 5.35. The van der Waals surface area contributed by atoms with Crippen molar-refractivity contribution in [1.82, 2.24) is 10.1 Å². The van der Waals surface area contributed by atoms with E-state index in [1.807, 2.05) is 6.08 Å². The molecule has 1 aromatic heterocycles. The summed E-state index contributed by atoms with van der Waals surface area (Å²) in [5.41, 5.74) is 5.35. The first-order valence-electron chi connectivity index (χ1n) is 4.59. The first-order chi connectivity index (χ1) is 6.38. The molecule has 2 N–H and O–H groups in total. The molecule has 0 amide bonds. The van der Waals surface area contributed by atoms with E-state index in [0.29, 0.717) is 24.2 Å². The third kappa shape index (κ3) is 2.56. The van der Waals surface area contributed by atoms with Crippen LogP contribution >= 0.6 is 12.4 Å². The van der Waals surface area contributed by atoms with Crippen molar-refractivity contribution in [1.29, 1.82) is 0 Å². The SMILES string of the molecule is Cl.NCc1noc(/C=C/C2CCC2)n1. The molecule has 0 saturated heterocycles. The van der Waals surface area contributed by atoms with Crippen molar-refractivity contribution in [3.63, 3.8) is 0 Å². The zero-order chi connectivity index (χ0) is 9.10. The molecule has 1 heterocycles. The molecule has 1 fully saturated rings. The molecule has 0 aliphatic heterocycles. The molecule has 5 heteroatoms. The van der Waals surface area contributed by atoms with Crippen LogP contribution in [0.15, 0.2) is 10.6 Å². The fraction of sp³-hybridized carbons (Fsp3) is 0.556. The summed E-state index contributed by atoms with van der Waals surface area (Å²) in [6.45, 7) is 0.334. The minimum absolute atomic E-state index is 0. The molecule has 0 unspecified atom stereocenters. The van der Waals surface area contributed by atoms with Gasteiger partial charge in [-0.2, -0.15) is 4.98 Å². The number of rotatable bonds is 3. The zero-order valence-electron chi connectivity index (χ0n) is 7.85. The van der Waals surface area contributed by atoms with E-state index in [2.05, 4.69) is 16.2 Å². The summed E-state index contributed by atoms with van der Waals surface area (Å²) < 4.78 is 4.95. The number of allylic oxidation sites excluding steroid dienone is 1. The first-order valence-corrected chi connectivity index (χ1v) is 4.59. The quantitative estimate of drug-likeness (QED) is 0.835. The molecule has 1 aromatic rings. The summed E-state index contributed by atoms with van der Waals surface area (Å²) in [5.74, 6) is 1.84. The van der Waals surface area contributed by atoms with E-state index < -0.39 is 0 Å². The zero-order valence-corrected chi connectivity index (χ0v) is 8.67. The Morgan fingerprint density at radius 3 is 2.79 bits per heavy atom. The van der Waals surface area contributed by atoms with Crippen molar-refractivity contribution in [2.24, 2.45) is 11.7 Å². The molecule has 4 nitrogen and oxygen atoms in total. The second-order valence-electron chi connectivity index (χ2n) is 3.30. The smallest absolute Gasteiger partial charge is 0.250 e. The Hall–Kier alpha value is -0.870. The van der Waals surface area contributed by atoms with Crippen LogP contribution in [0.5, 0.6) is 0 Å². The van der Waals surface area contributed by atoms with Gasteiger partial charge in [-0.25, -0.2) is 0 Å². The molecule has 0 spiro atoms. The third-order valence-corrected chi connectivity index (χ3v) is 2.33. The largest absolute Gasteiger partial charge is 0.335 e. The lowest BCUT2D eigenvalue weighted by Crippen LogP contribution is -2.06. The molecule has 14 heavy (non-hydrogen) atoms. The Morgan fingerprint density at radius 2 is 2.29 bits per heavy atom. The number of nitrogens with two attached hydrogens (primary N) is 1. The van der Waals surface area contributed by atoms with Crippen LogP contribution in [0.2, 0.25) is 0 Å². The summed E-state index contributed by atoms with van der Waals surface area (Å²) >= 11 is 0. The molecular formula is C9H14ClN3O. The summed E-state index contributed by atoms with van der Waals surface area (Å²) in [7, 11) is 0. The maximum atomic E-state index is 5.35. The predicted molar refractivity (Wildman–Crippen MR) is 55.8 cm³/mol. The standard InChI is InChI=1S/C9H13N3O.ClH/c10-6-8-11-9(13-12-8)5-4-7-2-1-3-7;/h4-5,7H,1-3,6,10H2;1H/b5-4+;. The highest BCUT2D eigenvalue weighted by molar-refractivity contribution is 5.85. The van der Waals surface area contributed by atoms with Crippen LogP contribution in [0, 0.1) is 5.92 Å². The lowest BCUT2D eigenvalue weighted by molar-refractivity contribution is 0.385. The van der Waals surface area contributed by atoms with E-state index in [4.69, 9.17) is 10.3 Å². The minimum atomic E-state index is 0. The fourth-order valence-electron chi connectivity index (χ4n) is 1.27. The number of hydrogen-bond donors (Lipinski definition) is 1. The van der Waals surface area contributed by atoms with Gasteiger partial charge in [-0.3, -0.25) is 0 Å². The lowest BCUT2D eigenvalue weighted by Gasteiger charge is -2.20. The summed E-state index contributed by atoms with van der Waals surface area (Å²) in [6.07, 6.45) is 7.93. The first kappa shape index (κ1) is 11.2. The van der Waals surface area contributed by atoms with Gasteiger partial charge in [0.25, 0.3) is 0 Å². The van der Waals surface area contributed by atoms with Gasteiger partial charge in [-0.15, -0.1) is 12.4 Å². The average Bonchev–Trinajstić information content (AvgIpc) is 2.49. The molecule has 2 rings (SSSR count). The Bertz CT molecular complexity index is 307.